The molecule has 0 radical (unpaired) electrons. The van der Waals surface area contributed by atoms with E-state index >= 15 is 0 Å². The van der Waals surface area contributed by atoms with Gasteiger partial charge in [0.1, 0.15) is 0 Å². The van der Waals surface area contributed by atoms with E-state index in [0.717, 1.165) is 0 Å². The summed E-state index contributed by atoms with van der Waals surface area (Å²) in [5, 5.41) is 2.83. The summed E-state index contributed by atoms with van der Waals surface area (Å²) in [6.07, 6.45) is 5.32. The standard InChI is InChI=1S/C9H17NOS/c1-5-6-8(11)10-7-9(2,3)12-4/h5-6H,7H2,1-4H3,(H,10,11)/b6-5+. The molecular weight excluding hydrogens is 170 g/mol. The van der Waals surface area contributed by atoms with Crippen LogP contribution in [0.3, 0.4) is 0 Å². The first-order valence-corrected chi connectivity index (χ1v) is 5.20. The molecule has 0 atom stereocenters. The molecular formula is C9H17NOS. The number of hydrogen-bond acceptors (Lipinski definition) is 2. The van der Waals surface area contributed by atoms with Gasteiger partial charge in [-0.1, -0.05) is 6.08 Å². The predicted molar refractivity (Wildman–Crippen MR) is 55.4 cm³/mol. The predicted octanol–water partition coefficient (Wildman–Crippen LogP) is 1.82. The number of allylic oxidation sites excluding steroid dienone is 1. The van der Waals surface area contributed by atoms with Gasteiger partial charge in [0.05, 0.1) is 0 Å². The van der Waals surface area contributed by atoms with Crippen LogP contribution >= 0.6 is 11.8 Å². The number of carbonyl (C=O) groups is 1. The second-order valence-corrected chi connectivity index (χ2v) is 4.70. The molecule has 0 aliphatic heterocycles. The lowest BCUT2D eigenvalue weighted by atomic mass is 10.2. The summed E-state index contributed by atoms with van der Waals surface area (Å²) in [6, 6.07) is 0. The molecule has 70 valence electrons. The zero-order valence-electron chi connectivity index (χ0n) is 8.18. The quantitative estimate of drug-likeness (QED) is 0.680. The molecule has 0 bridgehead atoms. The van der Waals surface area contributed by atoms with Gasteiger partial charge in [0.25, 0.3) is 0 Å². The fourth-order valence-electron chi connectivity index (χ4n) is 0.582. The van der Waals surface area contributed by atoms with Crippen LogP contribution in [0, 0.1) is 0 Å². The number of amides is 1. The lowest BCUT2D eigenvalue weighted by molar-refractivity contribution is -0.116. The molecule has 3 heteroatoms. The molecule has 0 aromatic carbocycles. The van der Waals surface area contributed by atoms with E-state index in [1.54, 1.807) is 17.8 Å². The van der Waals surface area contributed by atoms with Crippen molar-refractivity contribution >= 4 is 17.7 Å². The summed E-state index contributed by atoms with van der Waals surface area (Å²) in [5.41, 5.74) is 0. The Labute approximate surface area is 78.8 Å². The maximum Gasteiger partial charge on any atom is 0.243 e. The van der Waals surface area contributed by atoms with Crippen LogP contribution in [0.5, 0.6) is 0 Å². The topological polar surface area (TPSA) is 29.1 Å². The van der Waals surface area contributed by atoms with Crippen LogP contribution in [0.4, 0.5) is 0 Å². The molecule has 2 nitrogen and oxygen atoms in total. The second kappa shape index (κ2) is 5.25. The third kappa shape index (κ3) is 5.24. The number of nitrogens with one attached hydrogen (secondary N) is 1. The Hall–Kier alpha value is -0.440. The molecule has 0 aliphatic carbocycles. The highest BCUT2D eigenvalue weighted by atomic mass is 32.2. The minimum Gasteiger partial charge on any atom is -0.351 e. The summed E-state index contributed by atoms with van der Waals surface area (Å²) in [4.78, 5) is 11.0. The van der Waals surface area contributed by atoms with Gasteiger partial charge in [0.15, 0.2) is 0 Å². The molecule has 0 rings (SSSR count). The van der Waals surface area contributed by atoms with Crippen molar-refractivity contribution in [2.75, 3.05) is 12.8 Å². The van der Waals surface area contributed by atoms with Crippen LogP contribution in [-0.4, -0.2) is 23.5 Å². The highest BCUT2D eigenvalue weighted by Crippen LogP contribution is 2.19. The van der Waals surface area contributed by atoms with Crippen LogP contribution in [0.2, 0.25) is 0 Å². The van der Waals surface area contributed by atoms with E-state index in [4.69, 9.17) is 0 Å². The smallest absolute Gasteiger partial charge is 0.243 e. The SMILES string of the molecule is C/C=C/C(=O)NCC(C)(C)SC. The Bertz CT molecular complexity index is 175. The van der Waals surface area contributed by atoms with Crippen molar-refractivity contribution in [1.29, 1.82) is 0 Å². The van der Waals surface area contributed by atoms with Crippen molar-refractivity contribution in [2.24, 2.45) is 0 Å². The van der Waals surface area contributed by atoms with Crippen molar-refractivity contribution in [3.05, 3.63) is 12.2 Å². The van der Waals surface area contributed by atoms with Gasteiger partial charge in [-0.25, -0.2) is 0 Å². The lowest BCUT2D eigenvalue weighted by Gasteiger charge is -2.21. The summed E-state index contributed by atoms with van der Waals surface area (Å²) in [7, 11) is 0. The van der Waals surface area contributed by atoms with E-state index in [2.05, 4.69) is 19.2 Å². The van der Waals surface area contributed by atoms with E-state index in [-0.39, 0.29) is 10.7 Å². The van der Waals surface area contributed by atoms with Crippen LogP contribution in [0.1, 0.15) is 20.8 Å². The van der Waals surface area contributed by atoms with Crippen LogP contribution in [0.25, 0.3) is 0 Å². The van der Waals surface area contributed by atoms with Gasteiger partial charge in [-0.15, -0.1) is 0 Å². The molecule has 0 heterocycles. The molecule has 1 amide bonds. The molecule has 0 fully saturated rings. The summed E-state index contributed by atoms with van der Waals surface area (Å²) in [5.74, 6) is -0.0142. The normalized spacial score (nSPS) is 12.0. The average molecular weight is 187 g/mol. The van der Waals surface area contributed by atoms with E-state index < -0.39 is 0 Å². The van der Waals surface area contributed by atoms with Crippen LogP contribution in [0.15, 0.2) is 12.2 Å². The van der Waals surface area contributed by atoms with Crippen molar-refractivity contribution in [2.45, 2.75) is 25.5 Å². The fourth-order valence-corrected chi connectivity index (χ4v) is 0.799. The Morgan fingerprint density at radius 1 is 1.58 bits per heavy atom. The Kier molecular flexibility index (Phi) is 5.06. The van der Waals surface area contributed by atoms with Gasteiger partial charge in [-0.3, -0.25) is 4.79 Å². The molecule has 0 aromatic rings. The summed E-state index contributed by atoms with van der Waals surface area (Å²) < 4.78 is 0.122. The van der Waals surface area contributed by atoms with Crippen molar-refractivity contribution in [1.82, 2.24) is 5.32 Å². The minimum absolute atomic E-state index is 0.0142. The maximum atomic E-state index is 11.0. The molecule has 0 saturated heterocycles. The average Bonchev–Trinajstić information content (AvgIpc) is 2.02. The molecule has 0 saturated carbocycles. The Morgan fingerprint density at radius 3 is 2.58 bits per heavy atom. The maximum absolute atomic E-state index is 11.0. The van der Waals surface area contributed by atoms with Gasteiger partial charge < -0.3 is 5.32 Å². The fraction of sp³-hybridized carbons (Fsp3) is 0.667. The van der Waals surface area contributed by atoms with E-state index in [9.17, 15) is 4.79 Å². The summed E-state index contributed by atoms with van der Waals surface area (Å²) >= 11 is 1.75. The Balaban J connectivity index is 3.75. The minimum atomic E-state index is -0.0142. The monoisotopic (exact) mass is 187 g/mol. The second-order valence-electron chi connectivity index (χ2n) is 3.18. The zero-order valence-corrected chi connectivity index (χ0v) is 8.99. The molecule has 1 N–H and O–H groups in total. The highest BCUT2D eigenvalue weighted by Gasteiger charge is 2.15. The van der Waals surface area contributed by atoms with Gasteiger partial charge in [-0.2, -0.15) is 11.8 Å². The first kappa shape index (κ1) is 11.6. The van der Waals surface area contributed by atoms with Crippen molar-refractivity contribution in [3.8, 4) is 0 Å². The first-order valence-electron chi connectivity index (χ1n) is 3.97. The zero-order chi connectivity index (χ0) is 9.61. The molecule has 12 heavy (non-hydrogen) atoms. The number of rotatable bonds is 4. The molecule has 0 aromatic heterocycles. The van der Waals surface area contributed by atoms with Crippen LogP contribution < -0.4 is 5.32 Å². The molecule has 0 aliphatic rings. The third-order valence-electron chi connectivity index (χ3n) is 1.56. The van der Waals surface area contributed by atoms with Gasteiger partial charge in [0, 0.05) is 11.3 Å². The largest absolute Gasteiger partial charge is 0.351 e. The number of carbonyl (C=O) groups excluding carboxylic acids is 1. The lowest BCUT2D eigenvalue weighted by Crippen LogP contribution is -2.35. The van der Waals surface area contributed by atoms with Gasteiger partial charge in [-0.05, 0) is 33.1 Å². The number of thioether (sulfide) groups is 1. The van der Waals surface area contributed by atoms with Gasteiger partial charge >= 0.3 is 0 Å². The van der Waals surface area contributed by atoms with Crippen molar-refractivity contribution < 1.29 is 4.79 Å². The van der Waals surface area contributed by atoms with E-state index in [1.807, 2.05) is 13.2 Å². The van der Waals surface area contributed by atoms with Crippen molar-refractivity contribution in [3.63, 3.8) is 0 Å². The Morgan fingerprint density at radius 2 is 2.17 bits per heavy atom. The third-order valence-corrected chi connectivity index (χ3v) is 2.81. The first-order chi connectivity index (χ1) is 5.52. The number of hydrogen-bond donors (Lipinski definition) is 1. The summed E-state index contributed by atoms with van der Waals surface area (Å²) in [6.45, 7) is 6.75. The van der Waals surface area contributed by atoms with E-state index in [1.165, 1.54) is 6.08 Å². The van der Waals surface area contributed by atoms with Crippen LogP contribution in [-0.2, 0) is 4.79 Å². The van der Waals surface area contributed by atoms with E-state index in [0.29, 0.717) is 6.54 Å². The molecule has 0 spiro atoms. The van der Waals surface area contributed by atoms with Gasteiger partial charge in [0.2, 0.25) is 5.91 Å². The highest BCUT2D eigenvalue weighted by molar-refractivity contribution is 7.99. The molecule has 0 unspecified atom stereocenters.